The lowest BCUT2D eigenvalue weighted by atomic mass is 10.0. The number of likely N-dealkylation sites (tertiary alicyclic amines) is 1. The molecule has 2 aliphatic heterocycles. The van der Waals surface area contributed by atoms with Gasteiger partial charge in [-0.3, -0.25) is 0 Å². The molecule has 0 bridgehead atoms. The summed E-state index contributed by atoms with van der Waals surface area (Å²) in [5, 5.41) is 4.94. The van der Waals surface area contributed by atoms with Crippen molar-refractivity contribution < 1.29 is 0 Å². The first kappa shape index (κ1) is 22.3. The predicted octanol–water partition coefficient (Wildman–Crippen LogP) is 5.71. The maximum absolute atomic E-state index is 5.09. The van der Waals surface area contributed by atoms with Crippen LogP contribution in [0.4, 0.5) is 11.8 Å². The second-order valence-corrected chi connectivity index (χ2v) is 9.57. The molecule has 3 heterocycles. The maximum atomic E-state index is 5.09. The molecule has 170 valence electrons. The summed E-state index contributed by atoms with van der Waals surface area (Å²) >= 11 is 0. The van der Waals surface area contributed by atoms with Gasteiger partial charge in [-0.2, -0.15) is 4.98 Å². The van der Waals surface area contributed by atoms with Gasteiger partial charge in [-0.15, -0.1) is 0 Å². The molecule has 1 N–H and O–H groups in total. The van der Waals surface area contributed by atoms with E-state index < -0.39 is 0 Å². The van der Waals surface area contributed by atoms with Crippen molar-refractivity contribution in [2.75, 3.05) is 42.9 Å². The minimum absolute atomic E-state index is 0.426. The topological polar surface area (TPSA) is 44.3 Å². The molecular formula is C26H41N5. The Morgan fingerprint density at radius 3 is 2.45 bits per heavy atom. The normalized spacial score (nSPS) is 21.3. The molecule has 0 aliphatic carbocycles. The molecule has 1 atom stereocenters. The van der Waals surface area contributed by atoms with E-state index in [0.717, 1.165) is 42.8 Å². The van der Waals surface area contributed by atoms with Crippen molar-refractivity contribution in [3.63, 3.8) is 0 Å². The third-order valence-electron chi connectivity index (χ3n) is 7.25. The third kappa shape index (κ3) is 5.88. The van der Waals surface area contributed by atoms with Gasteiger partial charge in [-0.25, -0.2) is 4.98 Å². The molecule has 2 saturated heterocycles. The van der Waals surface area contributed by atoms with E-state index in [1.807, 2.05) is 0 Å². The lowest BCUT2D eigenvalue weighted by Crippen LogP contribution is -2.38. The molecule has 0 saturated carbocycles. The van der Waals surface area contributed by atoms with Gasteiger partial charge in [0.15, 0.2) is 0 Å². The van der Waals surface area contributed by atoms with Crippen LogP contribution in [0.3, 0.4) is 0 Å². The summed E-state index contributed by atoms with van der Waals surface area (Å²) in [5.41, 5.74) is 1.06. The van der Waals surface area contributed by atoms with Crippen LogP contribution in [0.2, 0.25) is 0 Å². The van der Waals surface area contributed by atoms with Gasteiger partial charge in [0.05, 0.1) is 5.52 Å². The minimum atomic E-state index is 0.426. The summed E-state index contributed by atoms with van der Waals surface area (Å²) in [4.78, 5) is 15.2. The molecule has 0 amide bonds. The van der Waals surface area contributed by atoms with Crippen LogP contribution in [0.25, 0.3) is 10.9 Å². The highest BCUT2D eigenvalue weighted by Crippen LogP contribution is 2.28. The van der Waals surface area contributed by atoms with Gasteiger partial charge in [0.2, 0.25) is 5.95 Å². The van der Waals surface area contributed by atoms with Crippen LogP contribution in [0, 0.1) is 5.92 Å². The van der Waals surface area contributed by atoms with Gasteiger partial charge in [-0.05, 0) is 50.3 Å². The Morgan fingerprint density at radius 1 is 0.935 bits per heavy atom. The average Bonchev–Trinajstić information content (AvgIpc) is 3.20. The zero-order valence-electron chi connectivity index (χ0n) is 19.7. The molecule has 4 rings (SSSR count). The van der Waals surface area contributed by atoms with E-state index in [2.05, 4.69) is 53.2 Å². The first-order valence-corrected chi connectivity index (χ1v) is 12.8. The molecule has 2 aliphatic rings. The number of para-hydroxylation sites is 1. The molecular weight excluding hydrogens is 382 g/mol. The van der Waals surface area contributed by atoms with Crippen molar-refractivity contribution >= 4 is 22.7 Å². The zero-order valence-corrected chi connectivity index (χ0v) is 19.7. The minimum Gasteiger partial charge on any atom is -0.356 e. The molecule has 5 heteroatoms. The van der Waals surface area contributed by atoms with Crippen molar-refractivity contribution in [1.29, 1.82) is 0 Å². The summed E-state index contributed by atoms with van der Waals surface area (Å²) in [5.74, 6) is 2.75. The number of benzene rings is 1. The van der Waals surface area contributed by atoms with Crippen LogP contribution < -0.4 is 10.2 Å². The van der Waals surface area contributed by atoms with E-state index in [0.29, 0.717) is 6.04 Å². The Kier molecular flexibility index (Phi) is 8.01. The molecule has 31 heavy (non-hydrogen) atoms. The Hall–Kier alpha value is -1.88. The summed E-state index contributed by atoms with van der Waals surface area (Å²) in [7, 11) is 0. The van der Waals surface area contributed by atoms with Gasteiger partial charge in [0.1, 0.15) is 5.82 Å². The first-order chi connectivity index (χ1) is 15.3. The molecule has 1 unspecified atom stereocenters. The molecule has 5 nitrogen and oxygen atoms in total. The van der Waals surface area contributed by atoms with Crippen LogP contribution >= 0.6 is 0 Å². The monoisotopic (exact) mass is 423 g/mol. The second-order valence-electron chi connectivity index (χ2n) is 9.57. The Balaban J connectivity index is 1.54. The zero-order chi connectivity index (χ0) is 21.5. The molecule has 2 fully saturated rings. The lowest BCUT2D eigenvalue weighted by Gasteiger charge is -2.28. The first-order valence-electron chi connectivity index (χ1n) is 12.8. The van der Waals surface area contributed by atoms with Crippen molar-refractivity contribution in [1.82, 2.24) is 14.9 Å². The quantitative estimate of drug-likeness (QED) is 0.618. The Morgan fingerprint density at radius 2 is 1.68 bits per heavy atom. The number of nitrogens with zero attached hydrogens (tertiary/aromatic N) is 4. The smallest absolute Gasteiger partial charge is 0.225 e. The lowest BCUT2D eigenvalue weighted by molar-refractivity contribution is 0.226. The maximum Gasteiger partial charge on any atom is 0.225 e. The van der Waals surface area contributed by atoms with Gasteiger partial charge in [0, 0.05) is 37.6 Å². The highest BCUT2D eigenvalue weighted by molar-refractivity contribution is 5.90. The Bertz CT molecular complexity index is 811. The number of aromatic nitrogens is 2. The fourth-order valence-electron chi connectivity index (χ4n) is 5.25. The molecule has 2 aromatic rings. The van der Waals surface area contributed by atoms with Crippen LogP contribution in [0.1, 0.15) is 71.6 Å². The number of hydrogen-bond acceptors (Lipinski definition) is 5. The molecule has 0 radical (unpaired) electrons. The van der Waals surface area contributed by atoms with Gasteiger partial charge < -0.3 is 15.1 Å². The summed E-state index contributed by atoms with van der Waals surface area (Å²) in [6.07, 6.45) is 11.5. The number of hydrogen-bond donors (Lipinski definition) is 1. The van der Waals surface area contributed by atoms with Crippen molar-refractivity contribution in [2.45, 2.75) is 77.7 Å². The second kappa shape index (κ2) is 11.1. The Labute approximate surface area is 188 Å². The van der Waals surface area contributed by atoms with Gasteiger partial charge in [-0.1, -0.05) is 58.1 Å². The molecule has 1 aromatic heterocycles. The number of rotatable bonds is 7. The van der Waals surface area contributed by atoms with Crippen molar-refractivity contribution in [3.05, 3.63) is 24.3 Å². The molecule has 1 aromatic carbocycles. The standard InChI is InChI=1S/C26H41N5/c1-3-21(4-2)19-30-16-12-9-13-22(20-30)27-26-28-24-15-8-7-14-23(24)25(29-26)31-17-10-5-6-11-18-31/h7-8,14-15,21-22H,3-6,9-13,16-20H2,1-2H3,(H,27,28,29). The number of anilines is 2. The van der Waals surface area contributed by atoms with E-state index in [1.54, 1.807) is 0 Å². The SMILES string of the molecule is CCC(CC)CN1CCCCC(Nc2nc(N3CCCCCC3)c3ccccc3n2)C1. The van der Waals surface area contributed by atoms with Crippen LogP contribution in [-0.2, 0) is 0 Å². The summed E-state index contributed by atoms with van der Waals surface area (Å²) in [6.45, 7) is 10.4. The fourth-order valence-corrected chi connectivity index (χ4v) is 5.25. The van der Waals surface area contributed by atoms with E-state index >= 15 is 0 Å². The average molecular weight is 424 g/mol. The largest absolute Gasteiger partial charge is 0.356 e. The number of fused-ring (bicyclic) bond motifs is 1. The summed E-state index contributed by atoms with van der Waals surface area (Å²) < 4.78 is 0. The summed E-state index contributed by atoms with van der Waals surface area (Å²) in [6, 6.07) is 8.95. The number of nitrogens with one attached hydrogen (secondary N) is 1. The van der Waals surface area contributed by atoms with Gasteiger partial charge in [0.25, 0.3) is 0 Å². The van der Waals surface area contributed by atoms with E-state index in [4.69, 9.17) is 9.97 Å². The van der Waals surface area contributed by atoms with Crippen LogP contribution in [-0.4, -0.2) is 53.6 Å². The van der Waals surface area contributed by atoms with E-state index in [9.17, 15) is 0 Å². The van der Waals surface area contributed by atoms with E-state index in [1.165, 1.54) is 76.3 Å². The fraction of sp³-hybridized carbons (Fsp3) is 0.692. The van der Waals surface area contributed by atoms with Crippen LogP contribution in [0.5, 0.6) is 0 Å². The molecule has 0 spiro atoms. The van der Waals surface area contributed by atoms with Gasteiger partial charge >= 0.3 is 0 Å². The van der Waals surface area contributed by atoms with Crippen molar-refractivity contribution in [3.8, 4) is 0 Å². The van der Waals surface area contributed by atoms with Crippen LogP contribution in [0.15, 0.2) is 24.3 Å². The van der Waals surface area contributed by atoms with E-state index in [-0.39, 0.29) is 0 Å². The highest BCUT2D eigenvalue weighted by atomic mass is 15.2. The highest BCUT2D eigenvalue weighted by Gasteiger charge is 2.22. The van der Waals surface area contributed by atoms with Crippen molar-refractivity contribution in [2.24, 2.45) is 5.92 Å². The third-order valence-corrected chi connectivity index (χ3v) is 7.25. The predicted molar refractivity (Wildman–Crippen MR) is 132 cm³/mol.